The fourth-order valence-electron chi connectivity index (χ4n) is 4.58. The minimum absolute atomic E-state index is 0.0622. The average molecular weight is 492 g/mol. The van der Waals surface area contributed by atoms with Crippen LogP contribution in [0.4, 0.5) is 22.1 Å². The van der Waals surface area contributed by atoms with Crippen molar-refractivity contribution in [2.24, 2.45) is 0 Å². The minimum atomic E-state index is -0.438. The van der Waals surface area contributed by atoms with E-state index < -0.39 is 6.03 Å². The van der Waals surface area contributed by atoms with E-state index in [0.717, 1.165) is 36.3 Å². The first-order valence-corrected chi connectivity index (χ1v) is 12.2. The number of morpholine rings is 1. The molecule has 3 aromatic rings. The highest BCUT2D eigenvalue weighted by molar-refractivity contribution is 5.99. The number of nitrogens with zero attached hydrogens (tertiary/aromatic N) is 5. The van der Waals surface area contributed by atoms with Crippen LogP contribution in [0.15, 0.2) is 41.1 Å². The molecule has 5 rings (SSSR count). The third kappa shape index (κ3) is 4.74. The highest BCUT2D eigenvalue weighted by Crippen LogP contribution is 2.32. The lowest BCUT2D eigenvalue weighted by Gasteiger charge is -2.38. The molecule has 4 heterocycles. The summed E-state index contributed by atoms with van der Waals surface area (Å²) in [6.45, 7) is 7.39. The molecule has 0 aliphatic carbocycles. The lowest BCUT2D eigenvalue weighted by atomic mass is 10.0. The van der Waals surface area contributed by atoms with Gasteiger partial charge in [-0.1, -0.05) is 12.1 Å². The summed E-state index contributed by atoms with van der Waals surface area (Å²) in [5.41, 5.74) is 2.73. The number of carbonyl (C=O) groups excluding carboxylic acids is 2. The molecule has 1 saturated heterocycles. The molecular weight excluding hydrogens is 462 g/mol. The smallest absolute Gasteiger partial charge is 0.324 e. The van der Waals surface area contributed by atoms with Crippen LogP contribution in [0.1, 0.15) is 36.3 Å². The van der Waals surface area contributed by atoms with E-state index in [2.05, 4.69) is 27.6 Å². The summed E-state index contributed by atoms with van der Waals surface area (Å²) in [4.78, 5) is 39.2. The van der Waals surface area contributed by atoms with Crippen LogP contribution in [0.5, 0.6) is 0 Å². The minimum Gasteiger partial charge on any atom is -0.377 e. The zero-order valence-corrected chi connectivity index (χ0v) is 20.4. The maximum atomic E-state index is 13.2. The number of nitrogens with one attached hydrogen (secondary N) is 2. The summed E-state index contributed by atoms with van der Waals surface area (Å²) < 4.78 is 10.4. The molecule has 11 heteroatoms. The highest BCUT2D eigenvalue weighted by atomic mass is 16.5. The standard InChI is InChI=1S/C25H29N7O4/c1-3-18-15-35-14-12-32(18)23-19-9-11-31(4-2)24(33)21(19)28-22(29-23)16-5-7-17(8-6-16)26-25(34)27-20-10-13-36-30-20/h5-8,10,13,18H,3-4,9,11-12,14-15H2,1-2H3,(H2,26,27,30,34). The van der Waals surface area contributed by atoms with E-state index >= 15 is 0 Å². The molecule has 0 radical (unpaired) electrons. The second kappa shape index (κ2) is 10.3. The number of hydrogen-bond donors (Lipinski definition) is 2. The van der Waals surface area contributed by atoms with Crippen LogP contribution >= 0.6 is 0 Å². The van der Waals surface area contributed by atoms with Gasteiger partial charge in [0.05, 0.1) is 19.3 Å². The predicted octanol–water partition coefficient (Wildman–Crippen LogP) is 3.41. The van der Waals surface area contributed by atoms with Crippen LogP contribution in [-0.2, 0) is 11.2 Å². The van der Waals surface area contributed by atoms with Gasteiger partial charge < -0.3 is 24.4 Å². The second-order valence-electron chi connectivity index (χ2n) is 8.70. The molecule has 1 unspecified atom stereocenters. The van der Waals surface area contributed by atoms with E-state index in [1.165, 1.54) is 6.26 Å². The fourth-order valence-corrected chi connectivity index (χ4v) is 4.58. The number of carbonyl (C=O) groups is 2. The SMILES string of the molecule is CCC1COCCN1c1nc(-c2ccc(NC(=O)Nc3ccon3)cc2)nc2c1CCN(CC)C2=O. The van der Waals surface area contributed by atoms with Gasteiger partial charge in [-0.2, -0.15) is 0 Å². The molecule has 3 amide bonds. The van der Waals surface area contributed by atoms with Crippen molar-refractivity contribution in [1.82, 2.24) is 20.0 Å². The molecule has 0 saturated carbocycles. The van der Waals surface area contributed by atoms with Gasteiger partial charge in [-0.15, -0.1) is 0 Å². The molecule has 188 valence electrons. The molecular formula is C25H29N7O4. The lowest BCUT2D eigenvalue weighted by Crippen LogP contribution is -2.47. The lowest BCUT2D eigenvalue weighted by molar-refractivity contribution is 0.0741. The number of urea groups is 1. The summed E-state index contributed by atoms with van der Waals surface area (Å²) >= 11 is 0. The molecule has 2 N–H and O–H groups in total. The molecule has 0 bridgehead atoms. The number of amides is 3. The Bertz CT molecular complexity index is 1230. The molecule has 1 fully saturated rings. The number of likely N-dealkylation sites (N-methyl/N-ethyl adjacent to an activating group) is 1. The van der Waals surface area contributed by atoms with Crippen LogP contribution in [-0.4, -0.2) is 70.9 Å². The third-order valence-electron chi connectivity index (χ3n) is 6.54. The van der Waals surface area contributed by atoms with Gasteiger partial charge in [0, 0.05) is 42.5 Å². The van der Waals surface area contributed by atoms with Gasteiger partial charge in [-0.3, -0.25) is 10.1 Å². The van der Waals surface area contributed by atoms with Crippen molar-refractivity contribution in [1.29, 1.82) is 0 Å². The summed E-state index contributed by atoms with van der Waals surface area (Å²) in [5, 5.41) is 8.99. The zero-order chi connectivity index (χ0) is 25.1. The summed E-state index contributed by atoms with van der Waals surface area (Å²) in [5.74, 6) is 1.56. The average Bonchev–Trinajstić information content (AvgIpc) is 3.42. The Morgan fingerprint density at radius 1 is 1.11 bits per heavy atom. The van der Waals surface area contributed by atoms with Crippen LogP contribution in [0.3, 0.4) is 0 Å². The van der Waals surface area contributed by atoms with Gasteiger partial charge in [0.2, 0.25) is 0 Å². The van der Waals surface area contributed by atoms with Gasteiger partial charge in [-0.25, -0.2) is 14.8 Å². The number of benzene rings is 1. The van der Waals surface area contributed by atoms with E-state index in [-0.39, 0.29) is 11.9 Å². The Balaban J connectivity index is 1.46. The van der Waals surface area contributed by atoms with E-state index in [0.29, 0.717) is 49.3 Å². The van der Waals surface area contributed by atoms with Crippen molar-refractivity contribution in [3.63, 3.8) is 0 Å². The maximum Gasteiger partial charge on any atom is 0.324 e. The number of ether oxygens (including phenoxy) is 1. The topological polar surface area (TPSA) is 126 Å². The van der Waals surface area contributed by atoms with Crippen LogP contribution in [0.25, 0.3) is 11.4 Å². The fraction of sp³-hybridized carbons (Fsp3) is 0.400. The number of anilines is 3. The number of fused-ring (bicyclic) bond motifs is 1. The van der Waals surface area contributed by atoms with Crippen molar-refractivity contribution in [2.45, 2.75) is 32.7 Å². The molecule has 1 aromatic carbocycles. The number of rotatable bonds is 6. The quantitative estimate of drug-likeness (QED) is 0.537. The van der Waals surface area contributed by atoms with Gasteiger partial charge in [-0.05, 0) is 44.0 Å². The molecule has 0 spiro atoms. The van der Waals surface area contributed by atoms with Crippen molar-refractivity contribution >= 4 is 29.3 Å². The summed E-state index contributed by atoms with van der Waals surface area (Å²) in [7, 11) is 0. The zero-order valence-electron chi connectivity index (χ0n) is 20.4. The van der Waals surface area contributed by atoms with Crippen LogP contribution in [0.2, 0.25) is 0 Å². The first-order valence-electron chi connectivity index (χ1n) is 12.2. The van der Waals surface area contributed by atoms with Gasteiger partial charge >= 0.3 is 6.03 Å². The van der Waals surface area contributed by atoms with Gasteiger partial charge in [0.15, 0.2) is 11.6 Å². The van der Waals surface area contributed by atoms with Crippen molar-refractivity contribution in [3.8, 4) is 11.4 Å². The molecule has 1 atom stereocenters. The van der Waals surface area contributed by atoms with E-state index in [9.17, 15) is 9.59 Å². The molecule has 2 aliphatic rings. The predicted molar refractivity (Wildman–Crippen MR) is 134 cm³/mol. The van der Waals surface area contributed by atoms with E-state index in [1.807, 2.05) is 24.0 Å². The third-order valence-corrected chi connectivity index (χ3v) is 6.54. The normalized spacial score (nSPS) is 17.6. The summed E-state index contributed by atoms with van der Waals surface area (Å²) in [6.07, 6.45) is 3.02. The first-order chi connectivity index (χ1) is 17.6. The number of hydrogen-bond acceptors (Lipinski definition) is 8. The van der Waals surface area contributed by atoms with Crippen LogP contribution in [0, 0.1) is 0 Å². The van der Waals surface area contributed by atoms with Crippen molar-refractivity contribution < 1.29 is 18.8 Å². The van der Waals surface area contributed by atoms with E-state index in [1.54, 1.807) is 18.2 Å². The monoisotopic (exact) mass is 491 g/mol. The molecule has 2 aromatic heterocycles. The Labute approximate surface area is 208 Å². The number of aromatic nitrogens is 3. The van der Waals surface area contributed by atoms with Gasteiger partial charge in [0.25, 0.3) is 5.91 Å². The molecule has 11 nitrogen and oxygen atoms in total. The van der Waals surface area contributed by atoms with Crippen molar-refractivity contribution in [2.75, 3.05) is 48.4 Å². The summed E-state index contributed by atoms with van der Waals surface area (Å²) in [6, 6.07) is 8.50. The maximum absolute atomic E-state index is 13.2. The van der Waals surface area contributed by atoms with Crippen molar-refractivity contribution in [3.05, 3.63) is 47.9 Å². The highest BCUT2D eigenvalue weighted by Gasteiger charge is 2.33. The molecule has 2 aliphatic heterocycles. The van der Waals surface area contributed by atoms with E-state index in [4.69, 9.17) is 19.2 Å². The Hall–Kier alpha value is -3.99. The Morgan fingerprint density at radius 2 is 1.94 bits per heavy atom. The first kappa shape index (κ1) is 23.7. The van der Waals surface area contributed by atoms with Gasteiger partial charge in [0.1, 0.15) is 17.8 Å². The Kier molecular flexibility index (Phi) is 6.81. The largest absolute Gasteiger partial charge is 0.377 e. The Morgan fingerprint density at radius 3 is 2.67 bits per heavy atom. The second-order valence-corrected chi connectivity index (χ2v) is 8.70. The molecule has 36 heavy (non-hydrogen) atoms. The van der Waals surface area contributed by atoms with Crippen LogP contribution < -0.4 is 15.5 Å².